The highest BCUT2D eigenvalue weighted by Crippen LogP contribution is 2.31. The van der Waals surface area contributed by atoms with Gasteiger partial charge in [0.15, 0.2) is 5.75 Å². The highest BCUT2D eigenvalue weighted by atomic mass is 32.1. The van der Waals surface area contributed by atoms with E-state index in [1.807, 2.05) is 0 Å². The summed E-state index contributed by atoms with van der Waals surface area (Å²) in [6.45, 7) is 0.0460. The molecule has 0 aliphatic carbocycles. The van der Waals surface area contributed by atoms with Gasteiger partial charge in [-0.25, -0.2) is 9.18 Å². The van der Waals surface area contributed by atoms with Crippen LogP contribution >= 0.6 is 11.3 Å². The molecule has 6 nitrogen and oxygen atoms in total. The number of thiophene rings is 1. The zero-order valence-electron chi connectivity index (χ0n) is 9.91. The third kappa shape index (κ3) is 2.91. The minimum absolute atomic E-state index is 0.0460. The van der Waals surface area contributed by atoms with Crippen LogP contribution in [0.15, 0.2) is 29.6 Å². The van der Waals surface area contributed by atoms with E-state index in [2.05, 4.69) is 0 Å². The average molecular weight is 297 g/mol. The van der Waals surface area contributed by atoms with Gasteiger partial charge in [0.1, 0.15) is 18.0 Å². The van der Waals surface area contributed by atoms with Crippen molar-refractivity contribution in [3.8, 4) is 5.75 Å². The summed E-state index contributed by atoms with van der Waals surface area (Å²) < 4.78 is 18.7. The maximum Gasteiger partial charge on any atom is 0.338 e. The van der Waals surface area contributed by atoms with E-state index in [4.69, 9.17) is 9.84 Å². The lowest BCUT2D eigenvalue weighted by molar-refractivity contribution is -0.386. The number of carbonyl (C=O) groups is 1. The van der Waals surface area contributed by atoms with Gasteiger partial charge in [0.25, 0.3) is 0 Å². The normalized spacial score (nSPS) is 10.2. The first-order valence-corrected chi connectivity index (χ1v) is 6.23. The summed E-state index contributed by atoms with van der Waals surface area (Å²) in [4.78, 5) is 21.6. The van der Waals surface area contributed by atoms with E-state index in [1.165, 1.54) is 11.3 Å². The molecule has 0 aliphatic rings. The van der Waals surface area contributed by atoms with Gasteiger partial charge in [0.2, 0.25) is 0 Å². The second-order valence-corrected chi connectivity index (χ2v) is 4.76. The molecule has 0 radical (unpaired) electrons. The van der Waals surface area contributed by atoms with Crippen LogP contribution in [0.25, 0.3) is 0 Å². The summed E-state index contributed by atoms with van der Waals surface area (Å²) in [7, 11) is 0. The quantitative estimate of drug-likeness (QED) is 0.676. The first-order chi connectivity index (χ1) is 9.49. The Hall–Kier alpha value is -2.48. The van der Waals surface area contributed by atoms with Gasteiger partial charge < -0.3 is 9.84 Å². The van der Waals surface area contributed by atoms with Crippen LogP contribution in [0.1, 0.15) is 15.2 Å². The molecule has 0 bridgehead atoms. The lowest BCUT2D eigenvalue weighted by Crippen LogP contribution is -2.05. The molecular formula is C12H8FNO5S. The van der Waals surface area contributed by atoms with E-state index in [1.54, 1.807) is 17.5 Å². The van der Waals surface area contributed by atoms with Crippen LogP contribution in [-0.4, -0.2) is 16.0 Å². The van der Waals surface area contributed by atoms with Gasteiger partial charge in [-0.05, 0) is 11.4 Å². The van der Waals surface area contributed by atoms with E-state index < -0.39 is 28.0 Å². The van der Waals surface area contributed by atoms with E-state index in [9.17, 15) is 19.3 Å². The summed E-state index contributed by atoms with van der Waals surface area (Å²) in [5.74, 6) is -2.95. The van der Waals surface area contributed by atoms with Crippen LogP contribution in [0.3, 0.4) is 0 Å². The zero-order chi connectivity index (χ0) is 14.7. The van der Waals surface area contributed by atoms with Crippen molar-refractivity contribution in [3.05, 3.63) is 56.0 Å². The number of halogens is 1. The Morgan fingerprint density at radius 1 is 1.50 bits per heavy atom. The first kappa shape index (κ1) is 13.9. The van der Waals surface area contributed by atoms with E-state index >= 15 is 0 Å². The number of hydrogen-bond donors (Lipinski definition) is 1. The fraction of sp³-hybridized carbons (Fsp3) is 0.0833. The molecule has 0 amide bonds. The number of ether oxygens (including phenoxy) is 1. The zero-order valence-corrected chi connectivity index (χ0v) is 10.7. The SMILES string of the molecule is O=C(O)c1cc([N+](=O)[O-])c(OCc2cccs2)cc1F. The lowest BCUT2D eigenvalue weighted by Gasteiger charge is -2.07. The fourth-order valence-electron chi connectivity index (χ4n) is 1.51. The van der Waals surface area contributed by atoms with Gasteiger partial charge in [0, 0.05) is 17.0 Å². The third-order valence-electron chi connectivity index (χ3n) is 2.43. The Morgan fingerprint density at radius 3 is 2.80 bits per heavy atom. The molecule has 0 aliphatic heterocycles. The van der Waals surface area contributed by atoms with Gasteiger partial charge >= 0.3 is 11.7 Å². The molecular weight excluding hydrogens is 289 g/mol. The van der Waals surface area contributed by atoms with Gasteiger partial charge in [0.05, 0.1) is 4.92 Å². The summed E-state index contributed by atoms with van der Waals surface area (Å²) in [5.41, 5.74) is -1.35. The summed E-state index contributed by atoms with van der Waals surface area (Å²) in [5, 5.41) is 21.4. The number of nitro benzene ring substituents is 1. The number of rotatable bonds is 5. The van der Waals surface area contributed by atoms with Crippen molar-refractivity contribution in [3.63, 3.8) is 0 Å². The van der Waals surface area contributed by atoms with Crippen molar-refractivity contribution in [2.75, 3.05) is 0 Å². The van der Waals surface area contributed by atoms with Gasteiger partial charge in [-0.1, -0.05) is 6.07 Å². The minimum Gasteiger partial charge on any atom is -0.481 e. The Bertz CT molecular complexity index is 656. The first-order valence-electron chi connectivity index (χ1n) is 5.35. The molecule has 1 N–H and O–H groups in total. The van der Waals surface area contributed by atoms with E-state index in [-0.39, 0.29) is 12.4 Å². The van der Waals surface area contributed by atoms with Crippen molar-refractivity contribution in [2.45, 2.75) is 6.61 Å². The molecule has 1 heterocycles. The van der Waals surface area contributed by atoms with Crippen LogP contribution in [0.4, 0.5) is 10.1 Å². The summed E-state index contributed by atoms with van der Waals surface area (Å²) >= 11 is 1.39. The molecule has 104 valence electrons. The van der Waals surface area contributed by atoms with Crippen LogP contribution in [0, 0.1) is 15.9 Å². The molecule has 1 aromatic carbocycles. The number of nitrogens with zero attached hydrogens (tertiary/aromatic N) is 1. The molecule has 0 spiro atoms. The Balaban J connectivity index is 2.33. The number of aromatic carboxylic acids is 1. The van der Waals surface area contributed by atoms with Gasteiger partial charge in [-0.3, -0.25) is 10.1 Å². The molecule has 2 rings (SSSR count). The molecule has 0 saturated carbocycles. The lowest BCUT2D eigenvalue weighted by atomic mass is 10.1. The molecule has 0 saturated heterocycles. The Morgan fingerprint density at radius 2 is 2.25 bits per heavy atom. The smallest absolute Gasteiger partial charge is 0.338 e. The van der Waals surface area contributed by atoms with Crippen molar-refractivity contribution in [2.24, 2.45) is 0 Å². The standard InChI is InChI=1S/C12H8FNO5S/c13-9-5-11(19-6-7-2-1-3-20-7)10(14(17)18)4-8(9)12(15)16/h1-5H,6H2,(H,15,16). The van der Waals surface area contributed by atoms with Crippen LogP contribution in [0.2, 0.25) is 0 Å². The van der Waals surface area contributed by atoms with Crippen molar-refractivity contribution >= 4 is 23.0 Å². The average Bonchev–Trinajstić information content (AvgIpc) is 2.88. The maximum atomic E-state index is 13.5. The van der Waals surface area contributed by atoms with Crippen LogP contribution in [-0.2, 0) is 6.61 Å². The molecule has 20 heavy (non-hydrogen) atoms. The predicted molar refractivity (Wildman–Crippen MR) is 68.7 cm³/mol. The fourth-order valence-corrected chi connectivity index (χ4v) is 2.13. The highest BCUT2D eigenvalue weighted by molar-refractivity contribution is 7.09. The highest BCUT2D eigenvalue weighted by Gasteiger charge is 2.23. The molecule has 8 heteroatoms. The van der Waals surface area contributed by atoms with Gasteiger partial charge in [-0.2, -0.15) is 0 Å². The molecule has 0 atom stereocenters. The summed E-state index contributed by atoms with van der Waals surface area (Å²) in [6, 6.07) is 4.92. The monoisotopic (exact) mass is 297 g/mol. The van der Waals surface area contributed by atoms with Crippen LogP contribution in [0.5, 0.6) is 5.75 Å². The second kappa shape index (κ2) is 5.66. The number of carboxylic acids is 1. The number of carboxylic acid groups (broad SMARTS) is 1. The van der Waals surface area contributed by atoms with Crippen LogP contribution < -0.4 is 4.74 Å². The molecule has 2 aromatic rings. The Labute approximate surface area is 116 Å². The predicted octanol–water partition coefficient (Wildman–Crippen LogP) is 3.07. The number of nitro groups is 1. The largest absolute Gasteiger partial charge is 0.481 e. The molecule has 1 aromatic heterocycles. The van der Waals surface area contributed by atoms with Gasteiger partial charge in [-0.15, -0.1) is 11.3 Å². The summed E-state index contributed by atoms with van der Waals surface area (Å²) in [6.07, 6.45) is 0. The number of hydrogen-bond acceptors (Lipinski definition) is 5. The second-order valence-electron chi connectivity index (χ2n) is 3.73. The van der Waals surface area contributed by atoms with Crippen molar-refractivity contribution < 1.29 is 24.0 Å². The molecule has 0 fully saturated rings. The minimum atomic E-state index is -1.57. The van der Waals surface area contributed by atoms with E-state index in [0.717, 1.165) is 10.9 Å². The Kier molecular flexibility index (Phi) is 3.94. The topological polar surface area (TPSA) is 89.7 Å². The van der Waals surface area contributed by atoms with Crippen molar-refractivity contribution in [1.29, 1.82) is 0 Å². The number of benzene rings is 1. The molecule has 0 unspecified atom stereocenters. The van der Waals surface area contributed by atoms with E-state index in [0.29, 0.717) is 6.07 Å². The maximum absolute atomic E-state index is 13.5. The third-order valence-corrected chi connectivity index (χ3v) is 3.28. The van der Waals surface area contributed by atoms with Crippen molar-refractivity contribution in [1.82, 2.24) is 0 Å².